The summed E-state index contributed by atoms with van der Waals surface area (Å²) in [6, 6.07) is 5.74. The van der Waals surface area contributed by atoms with E-state index in [0.29, 0.717) is 5.58 Å². The van der Waals surface area contributed by atoms with E-state index in [1.54, 1.807) is 0 Å². The van der Waals surface area contributed by atoms with Crippen LogP contribution in [0.1, 0.15) is 12.0 Å². The molecule has 0 unspecified atom stereocenters. The predicted octanol–water partition coefficient (Wildman–Crippen LogP) is 0.820. The van der Waals surface area contributed by atoms with Crippen molar-refractivity contribution in [3.05, 3.63) is 34.3 Å². The molecule has 17 heavy (non-hydrogen) atoms. The number of aromatic amines is 1. The Morgan fingerprint density at radius 1 is 1.35 bits per heavy atom. The van der Waals surface area contributed by atoms with Gasteiger partial charge in [0.05, 0.1) is 5.52 Å². The van der Waals surface area contributed by atoms with Crippen LogP contribution >= 0.6 is 0 Å². The van der Waals surface area contributed by atoms with Gasteiger partial charge in [-0.1, -0.05) is 6.07 Å². The summed E-state index contributed by atoms with van der Waals surface area (Å²) >= 11 is 0. The summed E-state index contributed by atoms with van der Waals surface area (Å²) in [7, 11) is 1.95. The molecule has 2 aromatic rings. The van der Waals surface area contributed by atoms with Gasteiger partial charge in [0.25, 0.3) is 0 Å². The fourth-order valence-electron chi connectivity index (χ4n) is 1.72. The summed E-state index contributed by atoms with van der Waals surface area (Å²) in [6.45, 7) is 2.77. The summed E-state index contributed by atoms with van der Waals surface area (Å²) in [5.41, 5.74) is 2.48. The Bertz CT molecular complexity index is 530. The van der Waals surface area contributed by atoms with Crippen molar-refractivity contribution in [2.45, 2.75) is 13.0 Å². The Kier molecular flexibility index (Phi) is 3.95. The summed E-state index contributed by atoms with van der Waals surface area (Å²) < 4.78 is 5.00. The van der Waals surface area contributed by atoms with Gasteiger partial charge in [0.15, 0.2) is 5.58 Å². The maximum Gasteiger partial charge on any atom is 0.417 e. The Hall–Kier alpha value is -1.59. The van der Waals surface area contributed by atoms with Gasteiger partial charge in [0, 0.05) is 6.54 Å². The third-order valence-electron chi connectivity index (χ3n) is 2.59. The number of rotatable bonds is 6. The average molecular weight is 235 g/mol. The zero-order chi connectivity index (χ0) is 12.1. The van der Waals surface area contributed by atoms with Crippen LogP contribution in [0.2, 0.25) is 0 Å². The molecule has 0 bridgehead atoms. The Morgan fingerprint density at radius 2 is 2.24 bits per heavy atom. The highest BCUT2D eigenvalue weighted by molar-refractivity contribution is 5.72. The van der Waals surface area contributed by atoms with Gasteiger partial charge in [-0.25, -0.2) is 4.79 Å². The molecule has 92 valence electrons. The molecule has 0 radical (unpaired) electrons. The second-order valence-corrected chi connectivity index (χ2v) is 3.98. The Morgan fingerprint density at radius 3 is 3.06 bits per heavy atom. The first kappa shape index (κ1) is 11.9. The zero-order valence-electron chi connectivity index (χ0n) is 9.88. The minimum absolute atomic E-state index is 0.404. The highest BCUT2D eigenvalue weighted by Crippen LogP contribution is 2.11. The van der Waals surface area contributed by atoms with Gasteiger partial charge in [-0.05, 0) is 44.3 Å². The summed E-state index contributed by atoms with van der Waals surface area (Å²) in [5.74, 6) is -0.404. The van der Waals surface area contributed by atoms with Crippen molar-refractivity contribution in [2.75, 3.05) is 20.1 Å². The quantitative estimate of drug-likeness (QED) is 0.648. The van der Waals surface area contributed by atoms with Crippen molar-refractivity contribution in [3.8, 4) is 0 Å². The molecule has 1 aromatic carbocycles. The minimum Gasteiger partial charge on any atom is -0.408 e. The minimum atomic E-state index is -0.404. The molecule has 0 atom stereocenters. The lowest BCUT2D eigenvalue weighted by molar-refractivity contribution is 0.554. The monoisotopic (exact) mass is 235 g/mol. The number of aromatic nitrogens is 1. The molecular formula is C12H17N3O2. The first-order valence-corrected chi connectivity index (χ1v) is 5.76. The molecule has 0 aliphatic heterocycles. The van der Waals surface area contributed by atoms with Gasteiger partial charge in [-0.3, -0.25) is 4.98 Å². The number of hydrogen-bond donors (Lipinski definition) is 3. The number of H-pyrrole nitrogens is 1. The summed E-state index contributed by atoms with van der Waals surface area (Å²) in [4.78, 5) is 13.6. The van der Waals surface area contributed by atoms with Crippen molar-refractivity contribution in [1.82, 2.24) is 15.6 Å². The fourth-order valence-corrected chi connectivity index (χ4v) is 1.72. The van der Waals surface area contributed by atoms with Crippen LogP contribution in [0.15, 0.2) is 27.4 Å². The van der Waals surface area contributed by atoms with Crippen LogP contribution < -0.4 is 16.4 Å². The van der Waals surface area contributed by atoms with E-state index in [1.165, 1.54) is 0 Å². The van der Waals surface area contributed by atoms with Crippen LogP contribution in [0, 0.1) is 0 Å². The van der Waals surface area contributed by atoms with E-state index in [0.717, 1.165) is 37.1 Å². The van der Waals surface area contributed by atoms with Crippen LogP contribution in [0.4, 0.5) is 0 Å². The van der Waals surface area contributed by atoms with Gasteiger partial charge in [0.2, 0.25) is 0 Å². The Balaban J connectivity index is 1.92. The van der Waals surface area contributed by atoms with Gasteiger partial charge in [0.1, 0.15) is 0 Å². The lowest BCUT2D eigenvalue weighted by Crippen LogP contribution is -2.19. The van der Waals surface area contributed by atoms with Crippen molar-refractivity contribution >= 4 is 11.1 Å². The van der Waals surface area contributed by atoms with E-state index in [1.807, 2.05) is 25.2 Å². The van der Waals surface area contributed by atoms with Crippen LogP contribution in [0.3, 0.4) is 0 Å². The molecule has 0 aliphatic carbocycles. The van der Waals surface area contributed by atoms with Crippen LogP contribution in [-0.2, 0) is 6.54 Å². The predicted molar refractivity (Wildman–Crippen MR) is 67.1 cm³/mol. The van der Waals surface area contributed by atoms with Crippen molar-refractivity contribution < 1.29 is 4.42 Å². The molecule has 0 amide bonds. The van der Waals surface area contributed by atoms with E-state index < -0.39 is 5.76 Å². The highest BCUT2D eigenvalue weighted by atomic mass is 16.4. The molecular weight excluding hydrogens is 218 g/mol. The van der Waals surface area contributed by atoms with Crippen LogP contribution in [0.5, 0.6) is 0 Å². The normalized spacial score (nSPS) is 11.1. The van der Waals surface area contributed by atoms with Gasteiger partial charge in [-0.2, -0.15) is 0 Å². The maximum atomic E-state index is 11.0. The standard InChI is InChI=1S/C12H17N3O2/c1-13-5-2-6-14-8-9-3-4-10-11(7-9)17-12(16)15-10/h3-4,7,13-14H,2,5-6,8H2,1H3,(H,15,16). The van der Waals surface area contributed by atoms with Gasteiger partial charge in [-0.15, -0.1) is 0 Å². The molecule has 1 heterocycles. The SMILES string of the molecule is CNCCCNCc1ccc2[nH]c(=O)oc2c1. The number of oxazole rings is 1. The molecule has 1 aromatic heterocycles. The van der Waals surface area contributed by atoms with Crippen molar-refractivity contribution in [2.24, 2.45) is 0 Å². The maximum absolute atomic E-state index is 11.0. The molecule has 0 spiro atoms. The molecule has 0 saturated heterocycles. The molecule has 3 N–H and O–H groups in total. The zero-order valence-corrected chi connectivity index (χ0v) is 9.88. The van der Waals surface area contributed by atoms with E-state index >= 15 is 0 Å². The fraction of sp³-hybridized carbons (Fsp3) is 0.417. The highest BCUT2D eigenvalue weighted by Gasteiger charge is 2.01. The molecule has 5 nitrogen and oxygen atoms in total. The summed E-state index contributed by atoms with van der Waals surface area (Å²) in [5, 5.41) is 6.44. The third kappa shape index (κ3) is 3.18. The third-order valence-corrected chi connectivity index (χ3v) is 2.59. The molecule has 0 aliphatic rings. The van der Waals surface area contributed by atoms with E-state index in [2.05, 4.69) is 15.6 Å². The molecule has 2 rings (SSSR count). The number of fused-ring (bicyclic) bond motifs is 1. The number of hydrogen-bond acceptors (Lipinski definition) is 4. The van der Waals surface area contributed by atoms with E-state index in [9.17, 15) is 4.79 Å². The smallest absolute Gasteiger partial charge is 0.408 e. The van der Waals surface area contributed by atoms with Crippen LogP contribution in [-0.4, -0.2) is 25.1 Å². The second-order valence-electron chi connectivity index (χ2n) is 3.98. The second kappa shape index (κ2) is 5.65. The first-order chi connectivity index (χ1) is 8.29. The molecule has 0 saturated carbocycles. The number of nitrogens with one attached hydrogen (secondary N) is 3. The van der Waals surface area contributed by atoms with Crippen molar-refractivity contribution in [1.29, 1.82) is 0 Å². The molecule has 0 fully saturated rings. The van der Waals surface area contributed by atoms with E-state index in [-0.39, 0.29) is 0 Å². The lowest BCUT2D eigenvalue weighted by atomic mass is 10.2. The van der Waals surface area contributed by atoms with Gasteiger partial charge < -0.3 is 15.1 Å². The summed E-state index contributed by atoms with van der Waals surface area (Å²) in [6.07, 6.45) is 1.10. The Labute approximate surface area is 99.2 Å². The molecule has 5 heteroatoms. The van der Waals surface area contributed by atoms with E-state index in [4.69, 9.17) is 4.42 Å². The topological polar surface area (TPSA) is 70.1 Å². The van der Waals surface area contributed by atoms with Crippen molar-refractivity contribution in [3.63, 3.8) is 0 Å². The van der Waals surface area contributed by atoms with Crippen LogP contribution in [0.25, 0.3) is 11.1 Å². The average Bonchev–Trinajstić information content (AvgIpc) is 2.68. The van der Waals surface area contributed by atoms with Gasteiger partial charge >= 0.3 is 5.76 Å². The first-order valence-electron chi connectivity index (χ1n) is 5.76. The lowest BCUT2D eigenvalue weighted by Gasteiger charge is -2.04. The largest absolute Gasteiger partial charge is 0.417 e. The number of benzene rings is 1.